The van der Waals surface area contributed by atoms with E-state index in [4.69, 9.17) is 14.2 Å². The topological polar surface area (TPSA) is 98.2 Å². The molecule has 2 N–H and O–H groups in total. The van der Waals surface area contributed by atoms with Crippen LogP contribution in [0.2, 0.25) is 0 Å². The number of hydrogen-bond acceptors (Lipinski definition) is 6. The van der Waals surface area contributed by atoms with E-state index in [-0.39, 0.29) is 25.0 Å². The van der Waals surface area contributed by atoms with E-state index in [9.17, 15) is 9.59 Å². The lowest BCUT2D eigenvalue weighted by Gasteiger charge is -2.12. The third-order valence-corrected chi connectivity index (χ3v) is 4.84. The first kappa shape index (κ1) is 25.3. The van der Waals surface area contributed by atoms with E-state index in [2.05, 4.69) is 15.8 Å². The highest BCUT2D eigenvalue weighted by atomic mass is 16.5. The standard InChI is InChI=1S/C27H29N3O5/c1-4-33-24-15-21(13-14-23(24)34-17-25(31)29-22-11-6-5-7-12-22)16-28-30-26(32)18-35-27-19(2)9-8-10-20(27)3/h5-16H,4,17-18H2,1-3H3,(H,29,31)(H,30,32)/b28-16-. The molecule has 3 aromatic rings. The molecule has 0 aromatic heterocycles. The molecule has 0 aliphatic heterocycles. The SMILES string of the molecule is CCOc1cc(/C=N\NC(=O)COc2c(C)cccc2C)ccc1OCC(=O)Nc1ccccc1. The van der Waals surface area contributed by atoms with Gasteiger partial charge in [0.05, 0.1) is 12.8 Å². The molecule has 35 heavy (non-hydrogen) atoms. The highest BCUT2D eigenvalue weighted by Gasteiger charge is 2.10. The smallest absolute Gasteiger partial charge is 0.277 e. The number of anilines is 1. The molecule has 0 radical (unpaired) electrons. The molecule has 182 valence electrons. The van der Waals surface area contributed by atoms with Gasteiger partial charge in [-0.1, -0.05) is 36.4 Å². The van der Waals surface area contributed by atoms with Crippen molar-refractivity contribution in [2.75, 3.05) is 25.1 Å². The number of hydrogen-bond donors (Lipinski definition) is 2. The Bertz CT molecular complexity index is 1160. The van der Waals surface area contributed by atoms with Crippen LogP contribution in [0.4, 0.5) is 5.69 Å². The molecule has 2 amide bonds. The molecule has 0 atom stereocenters. The van der Waals surface area contributed by atoms with Gasteiger partial charge in [0.15, 0.2) is 24.7 Å². The number of nitrogens with one attached hydrogen (secondary N) is 2. The van der Waals surface area contributed by atoms with Crippen LogP contribution in [-0.2, 0) is 9.59 Å². The van der Waals surface area contributed by atoms with Crippen LogP contribution in [0.1, 0.15) is 23.6 Å². The Hall–Kier alpha value is -4.33. The molecule has 0 unspecified atom stereocenters. The summed E-state index contributed by atoms with van der Waals surface area (Å²) >= 11 is 0. The summed E-state index contributed by atoms with van der Waals surface area (Å²) in [5.74, 6) is 0.932. The molecule has 8 nitrogen and oxygen atoms in total. The highest BCUT2D eigenvalue weighted by Crippen LogP contribution is 2.28. The Morgan fingerprint density at radius 3 is 2.26 bits per heavy atom. The molecule has 0 saturated heterocycles. The second-order valence-corrected chi connectivity index (χ2v) is 7.64. The number of aryl methyl sites for hydroxylation is 2. The summed E-state index contributed by atoms with van der Waals surface area (Å²) in [4.78, 5) is 24.3. The van der Waals surface area contributed by atoms with E-state index in [0.29, 0.717) is 35.1 Å². The van der Waals surface area contributed by atoms with Crippen LogP contribution in [-0.4, -0.2) is 37.8 Å². The molecular weight excluding hydrogens is 446 g/mol. The summed E-state index contributed by atoms with van der Waals surface area (Å²) in [5, 5.41) is 6.75. The zero-order chi connectivity index (χ0) is 25.0. The van der Waals surface area contributed by atoms with E-state index < -0.39 is 0 Å². The van der Waals surface area contributed by atoms with Gasteiger partial charge in [-0.25, -0.2) is 5.43 Å². The fourth-order valence-corrected chi connectivity index (χ4v) is 3.23. The monoisotopic (exact) mass is 475 g/mol. The molecule has 3 aromatic carbocycles. The van der Waals surface area contributed by atoms with Gasteiger partial charge >= 0.3 is 0 Å². The lowest BCUT2D eigenvalue weighted by molar-refractivity contribution is -0.123. The van der Waals surface area contributed by atoms with E-state index in [0.717, 1.165) is 11.1 Å². The van der Waals surface area contributed by atoms with Crippen LogP contribution in [0.15, 0.2) is 71.8 Å². The Balaban J connectivity index is 1.53. The lowest BCUT2D eigenvalue weighted by Crippen LogP contribution is -2.25. The largest absolute Gasteiger partial charge is 0.490 e. The van der Waals surface area contributed by atoms with E-state index in [1.54, 1.807) is 30.3 Å². The number of para-hydroxylation sites is 2. The van der Waals surface area contributed by atoms with Crippen LogP contribution in [0.3, 0.4) is 0 Å². The maximum atomic E-state index is 12.2. The van der Waals surface area contributed by atoms with Gasteiger partial charge in [-0.05, 0) is 67.8 Å². The highest BCUT2D eigenvalue weighted by molar-refractivity contribution is 5.92. The van der Waals surface area contributed by atoms with Crippen molar-refractivity contribution >= 4 is 23.7 Å². The quantitative estimate of drug-likeness (QED) is 0.319. The molecular formula is C27H29N3O5. The number of nitrogens with zero attached hydrogens (tertiary/aromatic N) is 1. The van der Waals surface area contributed by atoms with Crippen LogP contribution >= 0.6 is 0 Å². The van der Waals surface area contributed by atoms with Crippen LogP contribution in [0.25, 0.3) is 0 Å². The minimum absolute atomic E-state index is 0.148. The fourth-order valence-electron chi connectivity index (χ4n) is 3.23. The number of carbonyl (C=O) groups is 2. The maximum absolute atomic E-state index is 12.2. The Labute approximate surface area is 204 Å². The molecule has 0 spiro atoms. The van der Waals surface area contributed by atoms with Crippen molar-refractivity contribution < 1.29 is 23.8 Å². The number of hydrazone groups is 1. The van der Waals surface area contributed by atoms with Gasteiger partial charge in [-0.3, -0.25) is 9.59 Å². The van der Waals surface area contributed by atoms with Gasteiger partial charge in [0.25, 0.3) is 11.8 Å². The van der Waals surface area contributed by atoms with Gasteiger partial charge in [-0.2, -0.15) is 5.10 Å². The number of benzene rings is 3. The molecule has 8 heteroatoms. The molecule has 0 heterocycles. The molecule has 0 aliphatic rings. The number of amides is 2. The molecule has 0 fully saturated rings. The third-order valence-electron chi connectivity index (χ3n) is 4.84. The average molecular weight is 476 g/mol. The number of ether oxygens (including phenoxy) is 3. The predicted octanol–water partition coefficient (Wildman–Crippen LogP) is 4.25. The van der Waals surface area contributed by atoms with Gasteiger partial charge in [0, 0.05) is 5.69 Å². The van der Waals surface area contributed by atoms with Crippen LogP contribution in [0, 0.1) is 13.8 Å². The zero-order valence-corrected chi connectivity index (χ0v) is 20.0. The second kappa shape index (κ2) is 12.8. The normalized spacial score (nSPS) is 10.6. The molecule has 3 rings (SSSR count). The van der Waals surface area contributed by atoms with Gasteiger partial charge < -0.3 is 19.5 Å². The van der Waals surface area contributed by atoms with Crippen molar-refractivity contribution in [1.82, 2.24) is 5.43 Å². The Kier molecular flexibility index (Phi) is 9.24. The van der Waals surface area contributed by atoms with E-state index >= 15 is 0 Å². The number of rotatable bonds is 11. The zero-order valence-electron chi connectivity index (χ0n) is 20.0. The molecule has 0 bridgehead atoms. The summed E-state index contributed by atoms with van der Waals surface area (Å²) < 4.78 is 16.9. The van der Waals surface area contributed by atoms with Crippen molar-refractivity contribution in [3.8, 4) is 17.2 Å². The first-order valence-corrected chi connectivity index (χ1v) is 11.2. The van der Waals surface area contributed by atoms with E-state index in [1.807, 2.05) is 57.2 Å². The minimum Gasteiger partial charge on any atom is -0.490 e. The number of carbonyl (C=O) groups excluding carboxylic acids is 2. The van der Waals surface area contributed by atoms with Crippen molar-refractivity contribution in [2.24, 2.45) is 5.10 Å². The second-order valence-electron chi connectivity index (χ2n) is 7.64. The molecule has 0 aliphatic carbocycles. The lowest BCUT2D eigenvalue weighted by atomic mass is 10.1. The predicted molar refractivity (Wildman–Crippen MR) is 135 cm³/mol. The van der Waals surface area contributed by atoms with Crippen molar-refractivity contribution in [2.45, 2.75) is 20.8 Å². The van der Waals surface area contributed by atoms with Crippen LogP contribution in [0.5, 0.6) is 17.2 Å². The van der Waals surface area contributed by atoms with E-state index in [1.165, 1.54) is 6.21 Å². The first-order valence-electron chi connectivity index (χ1n) is 11.2. The van der Waals surface area contributed by atoms with Gasteiger partial charge in [0.1, 0.15) is 5.75 Å². The summed E-state index contributed by atoms with van der Waals surface area (Å²) in [6.07, 6.45) is 1.49. The van der Waals surface area contributed by atoms with Gasteiger partial charge in [0.2, 0.25) is 0 Å². The molecule has 0 saturated carbocycles. The van der Waals surface area contributed by atoms with Crippen molar-refractivity contribution in [3.63, 3.8) is 0 Å². The summed E-state index contributed by atoms with van der Waals surface area (Å²) in [5.41, 5.74) is 5.75. The maximum Gasteiger partial charge on any atom is 0.277 e. The third kappa shape index (κ3) is 7.89. The summed E-state index contributed by atoms with van der Waals surface area (Å²) in [7, 11) is 0. The Morgan fingerprint density at radius 2 is 1.54 bits per heavy atom. The average Bonchev–Trinajstić information content (AvgIpc) is 2.84. The Morgan fingerprint density at radius 1 is 0.829 bits per heavy atom. The summed E-state index contributed by atoms with van der Waals surface area (Å²) in [6.45, 7) is 5.81. The van der Waals surface area contributed by atoms with Gasteiger partial charge in [-0.15, -0.1) is 0 Å². The van der Waals surface area contributed by atoms with Crippen molar-refractivity contribution in [3.05, 3.63) is 83.4 Å². The minimum atomic E-state index is -0.377. The van der Waals surface area contributed by atoms with Crippen LogP contribution < -0.4 is 25.0 Å². The van der Waals surface area contributed by atoms with Crippen molar-refractivity contribution in [1.29, 1.82) is 0 Å². The summed E-state index contributed by atoms with van der Waals surface area (Å²) in [6, 6.07) is 20.1. The fraction of sp³-hybridized carbons (Fsp3) is 0.222. The first-order chi connectivity index (χ1) is 17.0.